The molecule has 0 atom stereocenters. The van der Waals surface area contributed by atoms with Crippen molar-refractivity contribution in [2.45, 2.75) is 13.8 Å². The highest BCUT2D eigenvalue weighted by atomic mass is 16.3. The van der Waals surface area contributed by atoms with Crippen LogP contribution in [0.1, 0.15) is 11.1 Å². The van der Waals surface area contributed by atoms with Crippen molar-refractivity contribution in [2.24, 2.45) is 0 Å². The van der Waals surface area contributed by atoms with Gasteiger partial charge in [0.1, 0.15) is 92.9 Å². The summed E-state index contributed by atoms with van der Waals surface area (Å²) in [5.74, 6) is 0.970. The normalized spacial score (nSPS) is 11.7. The van der Waals surface area contributed by atoms with Crippen LogP contribution in [-0.4, -0.2) is 85.6 Å². The average Bonchev–Trinajstić information content (AvgIpc) is 3.87. The summed E-state index contributed by atoms with van der Waals surface area (Å²) in [5.41, 5.74) is 9.13. The van der Waals surface area contributed by atoms with Crippen molar-refractivity contribution in [1.82, 2.24) is 15.0 Å². The molecular formula is C47H22B9N3O2. The summed E-state index contributed by atoms with van der Waals surface area (Å²) in [7, 11) is 60.0. The third kappa shape index (κ3) is 5.93. The maximum absolute atomic E-state index is 7.13. The highest BCUT2D eigenvalue weighted by molar-refractivity contribution is 6.66. The van der Waals surface area contributed by atoms with Crippen LogP contribution < -0.4 is 49.2 Å². The first-order valence-corrected chi connectivity index (χ1v) is 19.3. The van der Waals surface area contributed by atoms with E-state index in [-0.39, 0.29) is 66.2 Å². The Kier molecular flexibility index (Phi) is 9.21. The molecule has 0 N–H and O–H groups in total. The fraction of sp³-hybridized carbons (Fsp3) is 0.0426. The second-order valence-electron chi connectivity index (χ2n) is 15.2. The molecule has 7 aromatic carbocycles. The topological polar surface area (TPSA) is 65.0 Å². The second-order valence-corrected chi connectivity index (χ2v) is 15.2. The van der Waals surface area contributed by atoms with Gasteiger partial charge >= 0.3 is 0 Å². The van der Waals surface area contributed by atoms with Crippen LogP contribution in [0.4, 0.5) is 0 Å². The van der Waals surface area contributed by atoms with E-state index in [2.05, 4.69) is 12.1 Å². The summed E-state index contributed by atoms with van der Waals surface area (Å²) >= 11 is 0. The van der Waals surface area contributed by atoms with Crippen molar-refractivity contribution in [3.8, 4) is 56.4 Å². The number of aryl methyl sites for hydroxylation is 1. The quantitative estimate of drug-likeness (QED) is 0.251. The van der Waals surface area contributed by atoms with Gasteiger partial charge < -0.3 is 8.83 Å². The van der Waals surface area contributed by atoms with Gasteiger partial charge in [-0.25, -0.2) is 15.0 Å². The minimum atomic E-state index is 0.0743. The van der Waals surface area contributed by atoms with Gasteiger partial charge in [-0.2, -0.15) is 0 Å². The lowest BCUT2D eigenvalue weighted by molar-refractivity contribution is 0.669. The minimum Gasteiger partial charge on any atom is -0.457 e. The fourth-order valence-corrected chi connectivity index (χ4v) is 8.36. The van der Waals surface area contributed by atoms with Crippen LogP contribution in [-0.2, 0) is 0 Å². The summed E-state index contributed by atoms with van der Waals surface area (Å²) in [6.45, 7) is 3.60. The number of benzene rings is 7. The Morgan fingerprint density at radius 3 is 1.64 bits per heavy atom. The van der Waals surface area contributed by atoms with Crippen molar-refractivity contribution >= 4 is 164 Å². The Morgan fingerprint density at radius 2 is 0.902 bits per heavy atom. The van der Waals surface area contributed by atoms with Gasteiger partial charge in [-0.3, -0.25) is 0 Å². The highest BCUT2D eigenvalue weighted by Gasteiger charge is 2.27. The summed E-state index contributed by atoms with van der Waals surface area (Å²) in [6.07, 6.45) is 0. The molecule has 0 spiro atoms. The van der Waals surface area contributed by atoms with Gasteiger partial charge in [-0.1, -0.05) is 106 Å². The molecule has 0 unspecified atom stereocenters. The van der Waals surface area contributed by atoms with Gasteiger partial charge in [0.05, 0.1) is 0 Å². The van der Waals surface area contributed by atoms with Crippen molar-refractivity contribution in [3.05, 3.63) is 108 Å². The molecule has 5 nitrogen and oxygen atoms in total. The summed E-state index contributed by atoms with van der Waals surface area (Å²) in [5, 5.41) is 2.96. The van der Waals surface area contributed by atoms with E-state index >= 15 is 0 Å². The third-order valence-corrected chi connectivity index (χ3v) is 11.7. The highest BCUT2D eigenvalue weighted by Crippen LogP contribution is 2.38. The summed E-state index contributed by atoms with van der Waals surface area (Å²) in [4.78, 5) is 15.0. The number of para-hydroxylation sites is 1. The van der Waals surface area contributed by atoms with Gasteiger partial charge in [0.2, 0.25) is 0 Å². The molecule has 10 rings (SSSR count). The molecule has 3 aromatic heterocycles. The Bertz CT molecular complexity index is 3460. The summed E-state index contributed by atoms with van der Waals surface area (Å²) < 4.78 is 12.8. The SMILES string of the molecule is [B]c1c([B])c([B])c(-c2c([B])c([B])c([B])c3oc4c([B])c(-c5nc(-c6ccc(-c7ccccc7)cc6)nc(-c6ccc7c(c6)oc6ccccc67)n5)c([B])c(C)c4c23)c(C)c1[B]. The van der Waals surface area contributed by atoms with Crippen molar-refractivity contribution in [2.75, 3.05) is 0 Å². The predicted molar refractivity (Wildman–Crippen MR) is 260 cm³/mol. The summed E-state index contributed by atoms with van der Waals surface area (Å²) in [6, 6.07) is 31.8. The Hall–Kier alpha value is -6.27. The maximum Gasteiger partial charge on any atom is 0.164 e. The van der Waals surface area contributed by atoms with Crippen LogP contribution in [0, 0.1) is 13.8 Å². The average molecular weight is 758 g/mol. The molecule has 18 radical (unpaired) electrons. The maximum atomic E-state index is 7.13. The zero-order valence-electron chi connectivity index (χ0n) is 33.1. The monoisotopic (exact) mass is 759 g/mol. The number of hydrogen-bond donors (Lipinski definition) is 0. The lowest BCUT2D eigenvalue weighted by atomic mass is 9.60. The number of fused-ring (bicyclic) bond motifs is 6. The first kappa shape index (κ1) is 38.9. The van der Waals surface area contributed by atoms with E-state index in [1.165, 1.54) is 0 Å². The smallest absolute Gasteiger partial charge is 0.164 e. The number of nitrogens with zero attached hydrogens (tertiary/aromatic N) is 3. The molecule has 3 heterocycles. The van der Waals surface area contributed by atoms with E-state index in [9.17, 15) is 0 Å². The van der Waals surface area contributed by atoms with Crippen LogP contribution in [0.2, 0.25) is 0 Å². The third-order valence-electron chi connectivity index (χ3n) is 11.7. The van der Waals surface area contributed by atoms with Crippen LogP contribution >= 0.6 is 0 Å². The van der Waals surface area contributed by atoms with Crippen LogP contribution in [0.3, 0.4) is 0 Å². The lowest BCUT2D eigenvalue weighted by Gasteiger charge is -2.24. The molecule has 264 valence electrons. The number of rotatable bonds is 5. The molecular weight excluding hydrogens is 736 g/mol. The first-order valence-electron chi connectivity index (χ1n) is 19.3. The predicted octanol–water partition coefficient (Wildman–Crippen LogP) is 1.77. The first-order chi connectivity index (χ1) is 29.3. The Morgan fingerprint density at radius 1 is 0.361 bits per heavy atom. The minimum absolute atomic E-state index is 0.0743. The number of aromatic nitrogens is 3. The van der Waals surface area contributed by atoms with E-state index in [4.69, 9.17) is 94.4 Å². The van der Waals surface area contributed by atoms with Crippen molar-refractivity contribution < 1.29 is 8.83 Å². The van der Waals surface area contributed by atoms with Gasteiger partial charge in [0.25, 0.3) is 0 Å². The number of furan rings is 2. The van der Waals surface area contributed by atoms with Gasteiger partial charge in [0, 0.05) is 38.2 Å². The van der Waals surface area contributed by atoms with Crippen molar-refractivity contribution in [1.29, 1.82) is 0 Å². The van der Waals surface area contributed by atoms with Crippen LogP contribution in [0.5, 0.6) is 0 Å². The second kappa shape index (κ2) is 14.4. The van der Waals surface area contributed by atoms with E-state index in [1.807, 2.05) is 91.9 Å². The zero-order valence-corrected chi connectivity index (χ0v) is 33.1. The van der Waals surface area contributed by atoms with E-state index in [1.54, 1.807) is 6.92 Å². The van der Waals surface area contributed by atoms with Gasteiger partial charge in [-0.05, 0) is 65.3 Å². The van der Waals surface area contributed by atoms with E-state index in [0.717, 1.165) is 33.0 Å². The fourth-order valence-electron chi connectivity index (χ4n) is 8.36. The largest absolute Gasteiger partial charge is 0.457 e. The van der Waals surface area contributed by atoms with E-state index in [0.29, 0.717) is 61.4 Å². The molecule has 10 aromatic rings. The molecule has 0 saturated heterocycles. The van der Waals surface area contributed by atoms with Crippen LogP contribution in [0.25, 0.3) is 100 Å². The van der Waals surface area contributed by atoms with Gasteiger partial charge in [0.15, 0.2) is 17.5 Å². The Labute approximate surface area is 364 Å². The molecule has 0 amide bonds. The molecule has 14 heteroatoms. The molecule has 0 saturated carbocycles. The Balaban J connectivity index is 1.23. The zero-order chi connectivity index (χ0) is 42.6. The van der Waals surface area contributed by atoms with Crippen LogP contribution in [0.15, 0.2) is 106 Å². The molecule has 0 aliphatic rings. The van der Waals surface area contributed by atoms with E-state index < -0.39 is 0 Å². The van der Waals surface area contributed by atoms with Crippen molar-refractivity contribution in [3.63, 3.8) is 0 Å². The molecule has 0 bridgehead atoms. The molecule has 0 fully saturated rings. The standard InChI is InChI=1S/C47H22B9N3O2/c1-19-29(36(50)40(54)39(53)35(19)49)31-32-30-20(2)34(48)33(38(52)43(30)61-44(32)42(56)41(55)37(31)51)47-58-45(23-14-12-22(13-15-23)21-8-4-3-5-9-21)57-46(59-47)24-16-17-26-25-10-6-7-11-27(25)60-28(26)18-24/h3-18H,1-2H3. The van der Waals surface area contributed by atoms with Gasteiger partial charge in [-0.15, -0.1) is 21.9 Å². The molecule has 0 aliphatic carbocycles. The number of hydrogen-bond acceptors (Lipinski definition) is 5. The molecule has 61 heavy (non-hydrogen) atoms. The lowest BCUT2D eigenvalue weighted by Crippen LogP contribution is -2.50. The molecule has 0 aliphatic heterocycles.